The lowest BCUT2D eigenvalue weighted by Crippen LogP contribution is -2.30. The Morgan fingerprint density at radius 2 is 1.95 bits per heavy atom. The maximum atomic E-state index is 13.7. The summed E-state index contributed by atoms with van der Waals surface area (Å²) in [6.45, 7) is 0.369. The van der Waals surface area contributed by atoms with E-state index in [1.54, 1.807) is 0 Å². The van der Waals surface area contributed by atoms with Crippen molar-refractivity contribution in [2.45, 2.75) is 37.0 Å². The van der Waals surface area contributed by atoms with Crippen LogP contribution in [0.5, 0.6) is 0 Å². The summed E-state index contributed by atoms with van der Waals surface area (Å²) in [5.41, 5.74) is 0. The van der Waals surface area contributed by atoms with E-state index in [0.29, 0.717) is 12.5 Å². The minimum Gasteiger partial charge on any atom is -0.211 e. The largest absolute Gasteiger partial charge is 0.243 e. The molecule has 1 fully saturated rings. The van der Waals surface area contributed by atoms with E-state index >= 15 is 0 Å². The van der Waals surface area contributed by atoms with Crippen molar-refractivity contribution < 1.29 is 12.8 Å². The van der Waals surface area contributed by atoms with Gasteiger partial charge in [0.2, 0.25) is 10.0 Å². The first-order valence-corrected chi connectivity index (χ1v) is 8.30. The van der Waals surface area contributed by atoms with Gasteiger partial charge in [0.05, 0.1) is 5.02 Å². The molecular formula is C13H17ClFNO2S. The van der Waals surface area contributed by atoms with Gasteiger partial charge in [-0.25, -0.2) is 17.5 Å². The van der Waals surface area contributed by atoms with Gasteiger partial charge in [-0.3, -0.25) is 0 Å². The summed E-state index contributed by atoms with van der Waals surface area (Å²) in [6, 6.07) is 3.99. The molecule has 1 aliphatic rings. The highest BCUT2D eigenvalue weighted by molar-refractivity contribution is 7.89. The zero-order valence-corrected chi connectivity index (χ0v) is 12.1. The van der Waals surface area contributed by atoms with E-state index in [4.69, 9.17) is 11.6 Å². The van der Waals surface area contributed by atoms with Gasteiger partial charge in [0.1, 0.15) is 4.90 Å². The molecular weight excluding hydrogens is 289 g/mol. The Kier molecular flexibility index (Phi) is 4.81. The first-order chi connectivity index (χ1) is 9.00. The Balaban J connectivity index is 2.07. The molecule has 0 aromatic heterocycles. The van der Waals surface area contributed by atoms with Crippen LogP contribution in [0.15, 0.2) is 23.1 Å². The molecule has 2 rings (SSSR count). The van der Waals surface area contributed by atoms with E-state index in [-0.39, 0.29) is 9.92 Å². The average molecular weight is 306 g/mol. The third-order valence-electron chi connectivity index (χ3n) is 3.49. The van der Waals surface area contributed by atoms with Gasteiger partial charge in [0, 0.05) is 6.54 Å². The van der Waals surface area contributed by atoms with Gasteiger partial charge >= 0.3 is 0 Å². The molecule has 1 aromatic rings. The van der Waals surface area contributed by atoms with E-state index in [1.807, 2.05) is 0 Å². The fourth-order valence-corrected chi connectivity index (χ4v) is 3.83. The predicted octanol–water partition coefficient (Wildman–Crippen LogP) is 3.34. The SMILES string of the molecule is O=S(=O)(NCC1CCCCC1)c1cccc(Cl)c1F. The molecule has 19 heavy (non-hydrogen) atoms. The van der Waals surface area contributed by atoms with Crippen molar-refractivity contribution in [3.05, 3.63) is 29.0 Å². The van der Waals surface area contributed by atoms with Crippen molar-refractivity contribution in [2.24, 2.45) is 5.92 Å². The van der Waals surface area contributed by atoms with Crippen LogP contribution in [0.2, 0.25) is 5.02 Å². The number of hydrogen-bond acceptors (Lipinski definition) is 2. The molecule has 0 amide bonds. The topological polar surface area (TPSA) is 46.2 Å². The first-order valence-electron chi connectivity index (χ1n) is 6.44. The zero-order valence-electron chi connectivity index (χ0n) is 10.5. The quantitative estimate of drug-likeness (QED) is 0.927. The third kappa shape index (κ3) is 3.68. The molecule has 0 heterocycles. The molecule has 6 heteroatoms. The van der Waals surface area contributed by atoms with Crippen LogP contribution in [0.3, 0.4) is 0 Å². The molecule has 3 nitrogen and oxygen atoms in total. The molecule has 1 aliphatic carbocycles. The summed E-state index contributed by atoms with van der Waals surface area (Å²) in [7, 11) is -3.82. The highest BCUT2D eigenvalue weighted by Gasteiger charge is 2.22. The molecule has 0 bridgehead atoms. The van der Waals surface area contributed by atoms with Crippen molar-refractivity contribution in [3.8, 4) is 0 Å². The second-order valence-electron chi connectivity index (χ2n) is 4.91. The van der Waals surface area contributed by atoms with E-state index in [0.717, 1.165) is 25.7 Å². The molecule has 0 atom stereocenters. The van der Waals surface area contributed by atoms with Gasteiger partial charge in [0.15, 0.2) is 5.82 Å². The fraction of sp³-hybridized carbons (Fsp3) is 0.538. The Morgan fingerprint density at radius 1 is 1.26 bits per heavy atom. The minimum atomic E-state index is -3.82. The van der Waals surface area contributed by atoms with Gasteiger partial charge in [-0.2, -0.15) is 0 Å². The minimum absolute atomic E-state index is 0.180. The summed E-state index contributed by atoms with van der Waals surface area (Å²) < 4.78 is 40.3. The summed E-state index contributed by atoms with van der Waals surface area (Å²) in [5, 5.41) is -0.180. The average Bonchev–Trinajstić information content (AvgIpc) is 2.41. The number of benzene rings is 1. The number of sulfonamides is 1. The van der Waals surface area contributed by atoms with Crippen LogP contribution in [0.4, 0.5) is 4.39 Å². The standard InChI is InChI=1S/C13H17ClFNO2S/c14-11-7-4-8-12(13(11)15)19(17,18)16-9-10-5-2-1-3-6-10/h4,7-8,10,16H,1-3,5-6,9H2. The van der Waals surface area contributed by atoms with Crippen LogP contribution in [0, 0.1) is 11.7 Å². The van der Waals surface area contributed by atoms with Crippen LogP contribution in [0.1, 0.15) is 32.1 Å². The summed E-state index contributed by atoms with van der Waals surface area (Å²) in [4.78, 5) is -0.379. The zero-order chi connectivity index (χ0) is 13.9. The summed E-state index contributed by atoms with van der Waals surface area (Å²) in [5.74, 6) is -0.536. The molecule has 1 saturated carbocycles. The lowest BCUT2D eigenvalue weighted by Gasteiger charge is -2.21. The Bertz CT molecular complexity index is 542. The maximum Gasteiger partial charge on any atom is 0.243 e. The second-order valence-corrected chi connectivity index (χ2v) is 7.05. The van der Waals surface area contributed by atoms with Gasteiger partial charge in [-0.1, -0.05) is 36.9 Å². The molecule has 0 spiro atoms. The van der Waals surface area contributed by atoms with Crippen molar-refractivity contribution in [1.82, 2.24) is 4.72 Å². The molecule has 106 valence electrons. The lowest BCUT2D eigenvalue weighted by molar-refractivity contribution is 0.357. The van der Waals surface area contributed by atoms with Gasteiger partial charge < -0.3 is 0 Å². The number of nitrogens with one attached hydrogen (secondary N) is 1. The first kappa shape index (κ1) is 14.8. The molecule has 0 saturated heterocycles. The van der Waals surface area contributed by atoms with Crippen LogP contribution < -0.4 is 4.72 Å². The molecule has 0 aliphatic heterocycles. The van der Waals surface area contributed by atoms with E-state index in [2.05, 4.69) is 4.72 Å². The van der Waals surface area contributed by atoms with Crippen molar-refractivity contribution in [2.75, 3.05) is 6.54 Å². The van der Waals surface area contributed by atoms with Crippen LogP contribution in [-0.4, -0.2) is 15.0 Å². The van der Waals surface area contributed by atoms with E-state index in [9.17, 15) is 12.8 Å². The van der Waals surface area contributed by atoms with E-state index < -0.39 is 15.8 Å². The normalized spacial score (nSPS) is 17.6. The highest BCUT2D eigenvalue weighted by atomic mass is 35.5. The van der Waals surface area contributed by atoms with Gasteiger partial charge in [0.25, 0.3) is 0 Å². The molecule has 1 aromatic carbocycles. The maximum absolute atomic E-state index is 13.7. The Morgan fingerprint density at radius 3 is 2.63 bits per heavy atom. The Hall–Kier alpha value is -0.650. The van der Waals surface area contributed by atoms with Crippen LogP contribution in [-0.2, 0) is 10.0 Å². The van der Waals surface area contributed by atoms with Crippen LogP contribution in [0.25, 0.3) is 0 Å². The van der Waals surface area contributed by atoms with Gasteiger partial charge in [-0.05, 0) is 30.9 Å². The Labute approximate surface area is 118 Å². The molecule has 0 radical (unpaired) electrons. The number of hydrogen-bond donors (Lipinski definition) is 1. The fourth-order valence-electron chi connectivity index (χ4n) is 2.39. The van der Waals surface area contributed by atoms with E-state index in [1.165, 1.54) is 24.6 Å². The highest BCUT2D eigenvalue weighted by Crippen LogP contribution is 2.25. The monoisotopic (exact) mass is 305 g/mol. The number of rotatable bonds is 4. The number of halogens is 2. The van der Waals surface area contributed by atoms with Crippen molar-refractivity contribution in [3.63, 3.8) is 0 Å². The van der Waals surface area contributed by atoms with Gasteiger partial charge in [-0.15, -0.1) is 0 Å². The lowest BCUT2D eigenvalue weighted by atomic mass is 9.90. The second kappa shape index (κ2) is 6.20. The smallest absolute Gasteiger partial charge is 0.211 e. The van der Waals surface area contributed by atoms with Crippen LogP contribution >= 0.6 is 11.6 Å². The van der Waals surface area contributed by atoms with Crippen molar-refractivity contribution >= 4 is 21.6 Å². The molecule has 1 N–H and O–H groups in total. The molecule has 0 unspecified atom stereocenters. The summed E-state index contributed by atoms with van der Waals surface area (Å²) >= 11 is 5.60. The predicted molar refractivity (Wildman–Crippen MR) is 73.2 cm³/mol. The summed E-state index contributed by atoms with van der Waals surface area (Å²) in [6.07, 6.45) is 5.54. The van der Waals surface area contributed by atoms with Crippen molar-refractivity contribution in [1.29, 1.82) is 0 Å². The third-order valence-corrected chi connectivity index (χ3v) is 5.23.